The second-order valence-corrected chi connectivity index (χ2v) is 7.34. The van der Waals surface area contributed by atoms with Crippen molar-refractivity contribution < 1.29 is 14.5 Å². The number of nitro benzene ring substituents is 1. The van der Waals surface area contributed by atoms with Crippen LogP contribution >= 0.6 is 35.6 Å². The largest absolute Gasteiger partial charge is 0.488 e. The van der Waals surface area contributed by atoms with E-state index in [4.69, 9.17) is 28.6 Å². The molecule has 0 aromatic heterocycles. The number of hydrogen-bond donors (Lipinski definition) is 1. The normalized spacial score (nSPS) is 15.2. The van der Waals surface area contributed by atoms with E-state index >= 15 is 0 Å². The molecule has 3 rings (SSSR count). The predicted octanol–water partition coefficient (Wildman–Crippen LogP) is 4.32. The number of nitro groups is 1. The van der Waals surface area contributed by atoms with Crippen LogP contribution in [-0.2, 0) is 11.4 Å². The Morgan fingerprint density at radius 1 is 1.31 bits per heavy atom. The summed E-state index contributed by atoms with van der Waals surface area (Å²) in [5.41, 5.74) is 1.09. The van der Waals surface area contributed by atoms with E-state index in [2.05, 4.69) is 5.32 Å². The van der Waals surface area contributed by atoms with Crippen molar-refractivity contribution in [3.63, 3.8) is 0 Å². The summed E-state index contributed by atoms with van der Waals surface area (Å²) in [5.74, 6) is 0.0535. The molecule has 1 fully saturated rings. The predicted molar refractivity (Wildman–Crippen MR) is 105 cm³/mol. The number of non-ortho nitro benzene ring substituents is 1. The molecule has 0 spiro atoms. The Morgan fingerprint density at radius 3 is 2.73 bits per heavy atom. The zero-order chi connectivity index (χ0) is 18.7. The molecule has 1 aliphatic heterocycles. The van der Waals surface area contributed by atoms with Crippen LogP contribution in [0.3, 0.4) is 0 Å². The van der Waals surface area contributed by atoms with E-state index in [1.54, 1.807) is 6.07 Å². The summed E-state index contributed by atoms with van der Waals surface area (Å²) in [5, 5.41) is 14.1. The number of rotatable bonds is 5. The first-order chi connectivity index (χ1) is 12.4. The lowest BCUT2D eigenvalue weighted by atomic mass is 10.1. The minimum Gasteiger partial charge on any atom is -0.488 e. The zero-order valence-corrected chi connectivity index (χ0v) is 15.5. The maximum atomic E-state index is 11.9. The van der Waals surface area contributed by atoms with Gasteiger partial charge in [0.25, 0.3) is 11.6 Å². The van der Waals surface area contributed by atoms with E-state index in [-0.39, 0.29) is 18.2 Å². The monoisotopic (exact) mass is 406 g/mol. The Bertz CT molecular complexity index is 946. The van der Waals surface area contributed by atoms with Gasteiger partial charge in [-0.15, -0.1) is 0 Å². The number of thiocarbonyl (C=S) groups is 1. The molecule has 132 valence electrons. The molecule has 1 amide bonds. The number of amides is 1. The van der Waals surface area contributed by atoms with E-state index in [1.165, 1.54) is 24.3 Å². The van der Waals surface area contributed by atoms with Gasteiger partial charge in [-0.2, -0.15) is 0 Å². The van der Waals surface area contributed by atoms with Crippen molar-refractivity contribution in [2.45, 2.75) is 6.61 Å². The third-order valence-corrected chi connectivity index (χ3v) is 5.01. The van der Waals surface area contributed by atoms with Crippen LogP contribution in [0, 0.1) is 10.1 Å². The second kappa shape index (κ2) is 7.86. The van der Waals surface area contributed by atoms with E-state index in [1.807, 2.05) is 18.2 Å². The summed E-state index contributed by atoms with van der Waals surface area (Å²) in [6.45, 7) is 0.186. The minimum absolute atomic E-state index is 0.104. The van der Waals surface area contributed by atoms with Gasteiger partial charge in [0.15, 0.2) is 0 Å². The lowest BCUT2D eigenvalue weighted by Crippen LogP contribution is -2.17. The van der Waals surface area contributed by atoms with Crippen LogP contribution < -0.4 is 10.1 Å². The summed E-state index contributed by atoms with van der Waals surface area (Å²) in [6, 6.07) is 11.4. The number of carbonyl (C=O) groups is 1. The maximum Gasteiger partial charge on any atom is 0.270 e. The van der Waals surface area contributed by atoms with Gasteiger partial charge >= 0.3 is 0 Å². The number of nitrogens with zero attached hydrogens (tertiary/aromatic N) is 1. The van der Waals surface area contributed by atoms with E-state index in [9.17, 15) is 14.9 Å². The fourth-order valence-corrected chi connectivity index (χ4v) is 3.45. The molecule has 6 nitrogen and oxygen atoms in total. The maximum absolute atomic E-state index is 11.9. The number of nitrogens with one attached hydrogen (secondary N) is 1. The molecule has 2 aromatic carbocycles. The van der Waals surface area contributed by atoms with Gasteiger partial charge in [-0.05, 0) is 18.2 Å². The molecule has 1 saturated heterocycles. The molecule has 1 N–H and O–H groups in total. The van der Waals surface area contributed by atoms with E-state index in [0.717, 1.165) is 17.3 Å². The van der Waals surface area contributed by atoms with Crippen LogP contribution in [0.2, 0.25) is 5.02 Å². The Balaban J connectivity index is 1.93. The van der Waals surface area contributed by atoms with Gasteiger partial charge < -0.3 is 10.1 Å². The van der Waals surface area contributed by atoms with Crippen LogP contribution in [0.15, 0.2) is 47.4 Å². The Kier molecular flexibility index (Phi) is 5.55. The first-order valence-electron chi connectivity index (χ1n) is 7.33. The second-order valence-electron chi connectivity index (χ2n) is 5.21. The number of halogens is 1. The number of carbonyl (C=O) groups excluding carboxylic acids is 1. The Labute approximate surface area is 163 Å². The summed E-state index contributed by atoms with van der Waals surface area (Å²) in [6.07, 6.45) is 1.52. The van der Waals surface area contributed by atoms with Crippen molar-refractivity contribution in [1.29, 1.82) is 0 Å². The summed E-state index contributed by atoms with van der Waals surface area (Å²) in [4.78, 5) is 22.8. The van der Waals surface area contributed by atoms with Crippen LogP contribution in [-0.4, -0.2) is 15.2 Å². The van der Waals surface area contributed by atoms with Crippen molar-refractivity contribution in [2.75, 3.05) is 0 Å². The summed E-state index contributed by atoms with van der Waals surface area (Å²) >= 11 is 12.2. The fraction of sp³-hybridized carbons (Fsp3) is 0.0588. The smallest absolute Gasteiger partial charge is 0.270 e. The van der Waals surface area contributed by atoms with Gasteiger partial charge in [0.1, 0.15) is 16.7 Å². The fourth-order valence-electron chi connectivity index (χ4n) is 2.23. The number of hydrogen-bond acceptors (Lipinski definition) is 6. The van der Waals surface area contributed by atoms with Gasteiger partial charge in [-0.3, -0.25) is 14.9 Å². The molecule has 0 radical (unpaired) electrons. The lowest BCUT2D eigenvalue weighted by Gasteiger charge is -2.10. The van der Waals surface area contributed by atoms with Gasteiger partial charge in [0.2, 0.25) is 0 Å². The van der Waals surface area contributed by atoms with Gasteiger partial charge in [-0.1, -0.05) is 53.8 Å². The Morgan fingerprint density at radius 2 is 2.08 bits per heavy atom. The molecule has 0 unspecified atom stereocenters. The van der Waals surface area contributed by atoms with Crippen LogP contribution in [0.1, 0.15) is 11.1 Å². The molecular weight excluding hydrogens is 396 g/mol. The average Bonchev–Trinajstić information content (AvgIpc) is 2.92. The summed E-state index contributed by atoms with van der Waals surface area (Å²) < 4.78 is 6.12. The zero-order valence-electron chi connectivity index (χ0n) is 13.1. The molecule has 0 aliphatic carbocycles. The Hall–Kier alpha value is -2.42. The molecule has 1 aliphatic rings. The summed E-state index contributed by atoms with van der Waals surface area (Å²) in [7, 11) is 0. The third-order valence-electron chi connectivity index (χ3n) is 3.47. The highest BCUT2D eigenvalue weighted by atomic mass is 35.5. The number of benzene rings is 2. The van der Waals surface area contributed by atoms with Crippen molar-refractivity contribution in [3.05, 3.63) is 73.6 Å². The SMILES string of the molecule is O=C1NC(=S)SC1=Cc1cc([N+](=O)[O-])ccc1OCc1ccccc1Cl. The minimum atomic E-state index is -0.508. The number of thioether (sulfide) groups is 1. The van der Waals surface area contributed by atoms with Crippen LogP contribution in [0.5, 0.6) is 5.75 Å². The van der Waals surface area contributed by atoms with E-state index < -0.39 is 4.92 Å². The topological polar surface area (TPSA) is 81.5 Å². The first kappa shape index (κ1) is 18.4. The highest BCUT2D eigenvalue weighted by Crippen LogP contribution is 2.32. The quantitative estimate of drug-likeness (QED) is 0.345. The molecule has 1 heterocycles. The molecule has 0 atom stereocenters. The number of ether oxygens (including phenoxy) is 1. The van der Waals surface area contributed by atoms with E-state index in [0.29, 0.717) is 25.6 Å². The van der Waals surface area contributed by atoms with Gasteiger partial charge in [-0.25, -0.2) is 0 Å². The lowest BCUT2D eigenvalue weighted by molar-refractivity contribution is -0.384. The molecule has 0 saturated carbocycles. The van der Waals surface area contributed by atoms with Crippen molar-refractivity contribution in [3.8, 4) is 5.75 Å². The first-order valence-corrected chi connectivity index (χ1v) is 8.94. The van der Waals surface area contributed by atoms with Gasteiger partial charge in [0, 0.05) is 28.3 Å². The van der Waals surface area contributed by atoms with Crippen LogP contribution in [0.4, 0.5) is 5.69 Å². The van der Waals surface area contributed by atoms with Crippen molar-refractivity contribution >= 4 is 57.6 Å². The van der Waals surface area contributed by atoms with Gasteiger partial charge in [0.05, 0.1) is 9.83 Å². The molecule has 9 heteroatoms. The highest BCUT2D eigenvalue weighted by Gasteiger charge is 2.23. The molecular formula is C17H11ClN2O4S2. The molecule has 0 bridgehead atoms. The average molecular weight is 407 g/mol. The third kappa shape index (κ3) is 4.21. The van der Waals surface area contributed by atoms with Crippen LogP contribution in [0.25, 0.3) is 6.08 Å². The standard InChI is InChI=1S/C17H11ClN2O4S2/c18-13-4-2-1-3-10(13)9-24-14-6-5-12(20(22)23)7-11(14)8-15-16(21)19-17(25)26-15/h1-8H,9H2,(H,19,21,25). The van der Waals surface area contributed by atoms with Crippen molar-refractivity contribution in [2.24, 2.45) is 0 Å². The molecule has 2 aromatic rings. The van der Waals surface area contributed by atoms with Crippen molar-refractivity contribution in [1.82, 2.24) is 5.32 Å². The molecule has 26 heavy (non-hydrogen) atoms. The highest BCUT2D eigenvalue weighted by molar-refractivity contribution is 8.26.